The monoisotopic (exact) mass is 343 g/mol. The lowest BCUT2D eigenvalue weighted by atomic mass is 10.2. The van der Waals surface area contributed by atoms with Gasteiger partial charge in [0.1, 0.15) is 0 Å². The fourth-order valence-corrected chi connectivity index (χ4v) is 2.99. The maximum Gasteiger partial charge on any atom is 0.234 e. The average Bonchev–Trinajstić information content (AvgIpc) is 2.63. The SMILES string of the molecule is O=C(CN1CCN(c2ccccc2)CC1)NCc1ccc(Cl)cc1. The fourth-order valence-electron chi connectivity index (χ4n) is 2.86. The summed E-state index contributed by atoms with van der Waals surface area (Å²) < 4.78 is 0. The highest BCUT2D eigenvalue weighted by Crippen LogP contribution is 2.15. The molecule has 2 aromatic carbocycles. The van der Waals surface area contributed by atoms with E-state index >= 15 is 0 Å². The highest BCUT2D eigenvalue weighted by atomic mass is 35.5. The lowest BCUT2D eigenvalue weighted by Gasteiger charge is -2.35. The largest absolute Gasteiger partial charge is 0.369 e. The van der Waals surface area contributed by atoms with E-state index in [2.05, 4.69) is 39.4 Å². The second-order valence-corrected chi connectivity index (χ2v) is 6.44. The molecule has 0 saturated carbocycles. The van der Waals surface area contributed by atoms with Gasteiger partial charge >= 0.3 is 0 Å². The Morgan fingerprint density at radius 1 is 0.958 bits per heavy atom. The molecule has 0 radical (unpaired) electrons. The van der Waals surface area contributed by atoms with Crippen LogP contribution in [-0.4, -0.2) is 43.5 Å². The van der Waals surface area contributed by atoms with Crippen LogP contribution in [0.2, 0.25) is 5.02 Å². The van der Waals surface area contributed by atoms with Crippen molar-refractivity contribution in [2.24, 2.45) is 0 Å². The Bertz CT molecular complexity index is 652. The highest BCUT2D eigenvalue weighted by molar-refractivity contribution is 6.30. The normalized spacial score (nSPS) is 15.3. The number of hydrogen-bond acceptors (Lipinski definition) is 3. The van der Waals surface area contributed by atoms with Crippen molar-refractivity contribution < 1.29 is 4.79 Å². The van der Waals surface area contributed by atoms with Gasteiger partial charge in [0.05, 0.1) is 6.54 Å². The maximum absolute atomic E-state index is 12.1. The molecule has 0 spiro atoms. The molecule has 0 aliphatic carbocycles. The van der Waals surface area contributed by atoms with Gasteiger partial charge in [0, 0.05) is 43.4 Å². The zero-order valence-electron chi connectivity index (χ0n) is 13.6. The molecule has 3 rings (SSSR count). The molecule has 1 aliphatic rings. The summed E-state index contributed by atoms with van der Waals surface area (Å²) in [6.45, 7) is 4.71. The first-order chi connectivity index (χ1) is 11.7. The molecule has 1 amide bonds. The number of rotatable bonds is 5. The third-order valence-corrected chi connectivity index (χ3v) is 4.52. The van der Waals surface area contributed by atoms with Crippen molar-refractivity contribution in [3.05, 3.63) is 65.2 Å². The number of piperazine rings is 1. The predicted octanol–water partition coefficient (Wildman–Crippen LogP) is 2.78. The number of para-hydroxylation sites is 1. The molecule has 0 aromatic heterocycles. The van der Waals surface area contributed by atoms with Crippen LogP contribution in [0.5, 0.6) is 0 Å². The van der Waals surface area contributed by atoms with E-state index in [1.807, 2.05) is 30.3 Å². The van der Waals surface area contributed by atoms with Crippen LogP contribution in [0.15, 0.2) is 54.6 Å². The molecule has 1 N–H and O–H groups in total. The zero-order valence-corrected chi connectivity index (χ0v) is 14.4. The van der Waals surface area contributed by atoms with Gasteiger partial charge < -0.3 is 10.2 Å². The minimum atomic E-state index is 0.0677. The number of nitrogens with zero attached hydrogens (tertiary/aromatic N) is 2. The number of halogens is 1. The van der Waals surface area contributed by atoms with Gasteiger partial charge in [-0.3, -0.25) is 9.69 Å². The number of nitrogens with one attached hydrogen (secondary N) is 1. The molecule has 2 aromatic rings. The first kappa shape index (κ1) is 16.8. The van der Waals surface area contributed by atoms with Crippen molar-refractivity contribution in [3.8, 4) is 0 Å². The van der Waals surface area contributed by atoms with Crippen LogP contribution in [-0.2, 0) is 11.3 Å². The minimum Gasteiger partial charge on any atom is -0.369 e. The standard InChI is InChI=1S/C19H22ClN3O/c20-17-8-6-16(7-9-17)14-21-19(24)15-22-10-12-23(13-11-22)18-4-2-1-3-5-18/h1-9H,10-15H2,(H,21,24). The topological polar surface area (TPSA) is 35.6 Å². The Hall–Kier alpha value is -2.04. The molecule has 126 valence electrons. The Balaban J connectivity index is 1.41. The van der Waals surface area contributed by atoms with Crippen molar-refractivity contribution >= 4 is 23.2 Å². The van der Waals surface area contributed by atoms with Crippen molar-refractivity contribution in [2.75, 3.05) is 37.6 Å². The molecular formula is C19H22ClN3O. The summed E-state index contributed by atoms with van der Waals surface area (Å²) in [4.78, 5) is 16.7. The molecule has 1 heterocycles. The van der Waals surface area contributed by atoms with Crippen LogP contribution in [0.1, 0.15) is 5.56 Å². The van der Waals surface area contributed by atoms with Crippen molar-refractivity contribution in [1.29, 1.82) is 0 Å². The molecule has 0 unspecified atom stereocenters. The average molecular weight is 344 g/mol. The van der Waals surface area contributed by atoms with E-state index in [9.17, 15) is 4.79 Å². The van der Waals surface area contributed by atoms with Crippen LogP contribution >= 0.6 is 11.6 Å². The summed E-state index contributed by atoms with van der Waals surface area (Å²) in [7, 11) is 0. The number of carbonyl (C=O) groups is 1. The lowest BCUT2D eigenvalue weighted by Crippen LogP contribution is -2.49. The van der Waals surface area contributed by atoms with Gasteiger partial charge in [-0.15, -0.1) is 0 Å². The Kier molecular flexibility index (Phi) is 5.72. The third-order valence-electron chi connectivity index (χ3n) is 4.26. The van der Waals surface area contributed by atoms with Gasteiger partial charge in [-0.25, -0.2) is 0 Å². The van der Waals surface area contributed by atoms with E-state index in [1.165, 1.54) is 5.69 Å². The van der Waals surface area contributed by atoms with E-state index in [0.717, 1.165) is 31.7 Å². The minimum absolute atomic E-state index is 0.0677. The Labute approximate surface area is 148 Å². The second-order valence-electron chi connectivity index (χ2n) is 6.00. The van der Waals surface area contributed by atoms with Crippen molar-refractivity contribution in [3.63, 3.8) is 0 Å². The fraction of sp³-hybridized carbons (Fsp3) is 0.316. The van der Waals surface area contributed by atoms with Crippen LogP contribution in [0.4, 0.5) is 5.69 Å². The predicted molar refractivity (Wildman–Crippen MR) is 98.4 cm³/mol. The van der Waals surface area contributed by atoms with E-state index in [4.69, 9.17) is 11.6 Å². The second kappa shape index (κ2) is 8.18. The molecule has 1 aliphatic heterocycles. The molecule has 0 atom stereocenters. The van der Waals surface area contributed by atoms with Crippen LogP contribution in [0.25, 0.3) is 0 Å². The summed E-state index contributed by atoms with van der Waals surface area (Å²) in [5.41, 5.74) is 2.31. The molecule has 24 heavy (non-hydrogen) atoms. The third kappa shape index (κ3) is 4.73. The Morgan fingerprint density at radius 2 is 1.62 bits per heavy atom. The van der Waals surface area contributed by atoms with Gasteiger partial charge in [-0.05, 0) is 29.8 Å². The van der Waals surface area contributed by atoms with Gasteiger partial charge in [0.15, 0.2) is 0 Å². The van der Waals surface area contributed by atoms with Gasteiger partial charge in [0.25, 0.3) is 0 Å². The van der Waals surface area contributed by atoms with E-state index < -0.39 is 0 Å². The summed E-state index contributed by atoms with van der Waals surface area (Å²) in [6.07, 6.45) is 0. The number of hydrogen-bond donors (Lipinski definition) is 1. The first-order valence-electron chi connectivity index (χ1n) is 8.24. The maximum atomic E-state index is 12.1. The molecule has 5 heteroatoms. The highest BCUT2D eigenvalue weighted by Gasteiger charge is 2.18. The van der Waals surface area contributed by atoms with E-state index in [-0.39, 0.29) is 5.91 Å². The summed E-state index contributed by atoms with van der Waals surface area (Å²) in [6, 6.07) is 18.0. The van der Waals surface area contributed by atoms with Crippen LogP contribution in [0.3, 0.4) is 0 Å². The molecule has 1 fully saturated rings. The lowest BCUT2D eigenvalue weighted by molar-refractivity contribution is -0.122. The molecule has 0 bridgehead atoms. The quantitative estimate of drug-likeness (QED) is 0.906. The van der Waals surface area contributed by atoms with Crippen molar-refractivity contribution in [2.45, 2.75) is 6.54 Å². The number of benzene rings is 2. The van der Waals surface area contributed by atoms with E-state index in [0.29, 0.717) is 18.1 Å². The molecular weight excluding hydrogens is 322 g/mol. The van der Waals surface area contributed by atoms with Gasteiger partial charge in [-0.1, -0.05) is 41.9 Å². The van der Waals surface area contributed by atoms with E-state index in [1.54, 1.807) is 0 Å². The number of amides is 1. The number of anilines is 1. The van der Waals surface area contributed by atoms with Crippen molar-refractivity contribution in [1.82, 2.24) is 10.2 Å². The van der Waals surface area contributed by atoms with Crippen LogP contribution < -0.4 is 10.2 Å². The smallest absolute Gasteiger partial charge is 0.234 e. The summed E-state index contributed by atoms with van der Waals surface area (Å²) >= 11 is 5.86. The summed E-state index contributed by atoms with van der Waals surface area (Å²) in [5, 5.41) is 3.68. The van der Waals surface area contributed by atoms with Gasteiger partial charge in [0.2, 0.25) is 5.91 Å². The Morgan fingerprint density at radius 3 is 2.29 bits per heavy atom. The summed E-state index contributed by atoms with van der Waals surface area (Å²) in [5.74, 6) is 0.0677. The van der Waals surface area contributed by atoms with Gasteiger partial charge in [-0.2, -0.15) is 0 Å². The molecule has 1 saturated heterocycles. The zero-order chi connectivity index (χ0) is 16.8. The van der Waals surface area contributed by atoms with Crippen LogP contribution in [0, 0.1) is 0 Å². The first-order valence-corrected chi connectivity index (χ1v) is 8.62. The molecule has 4 nitrogen and oxygen atoms in total. The number of carbonyl (C=O) groups excluding carboxylic acids is 1.